The van der Waals surface area contributed by atoms with Crippen LogP contribution in [0.3, 0.4) is 0 Å². The number of carbonyl (C=O) groups is 1. The van der Waals surface area contributed by atoms with Crippen LogP contribution in [0.25, 0.3) is 5.69 Å². The molecule has 6 nitrogen and oxygen atoms in total. The number of nitrogens with one attached hydrogen (secondary N) is 1. The second-order valence-corrected chi connectivity index (χ2v) is 7.44. The first-order valence-electron chi connectivity index (χ1n) is 8.62. The van der Waals surface area contributed by atoms with Crippen LogP contribution in [0.15, 0.2) is 35.7 Å². The largest absolute Gasteiger partial charge is 0.497 e. The lowest BCUT2D eigenvalue weighted by Crippen LogP contribution is -2.38. The third-order valence-corrected chi connectivity index (χ3v) is 5.52. The summed E-state index contributed by atoms with van der Waals surface area (Å²) in [6.45, 7) is 2.28. The van der Waals surface area contributed by atoms with Crippen LogP contribution >= 0.6 is 11.8 Å². The Kier molecular flexibility index (Phi) is 5.96. The molecule has 1 aliphatic carbocycles. The molecule has 1 fully saturated rings. The molecular weight excluding hydrogens is 336 g/mol. The van der Waals surface area contributed by atoms with E-state index in [2.05, 4.69) is 22.4 Å². The van der Waals surface area contributed by atoms with E-state index in [1.54, 1.807) is 13.4 Å². The van der Waals surface area contributed by atoms with Gasteiger partial charge in [0.2, 0.25) is 5.91 Å². The van der Waals surface area contributed by atoms with Gasteiger partial charge in [0.1, 0.15) is 12.1 Å². The van der Waals surface area contributed by atoms with Crippen molar-refractivity contribution in [1.29, 1.82) is 0 Å². The third kappa shape index (κ3) is 4.75. The van der Waals surface area contributed by atoms with Gasteiger partial charge in [-0.15, -0.1) is 10.2 Å². The summed E-state index contributed by atoms with van der Waals surface area (Å²) in [4.78, 5) is 12.2. The summed E-state index contributed by atoms with van der Waals surface area (Å²) in [5.74, 6) is 1.99. The van der Waals surface area contributed by atoms with Crippen molar-refractivity contribution in [2.24, 2.45) is 5.92 Å². The minimum Gasteiger partial charge on any atom is -0.497 e. The number of carbonyl (C=O) groups excluding carboxylic acids is 1. The lowest BCUT2D eigenvalue weighted by atomic mass is 9.87. The Bertz CT molecular complexity index is 693. The quantitative estimate of drug-likeness (QED) is 0.802. The van der Waals surface area contributed by atoms with Crippen LogP contribution in [0.2, 0.25) is 0 Å². The summed E-state index contributed by atoms with van der Waals surface area (Å²) < 4.78 is 7.05. The van der Waals surface area contributed by atoms with Crippen molar-refractivity contribution in [3.8, 4) is 11.4 Å². The van der Waals surface area contributed by atoms with Gasteiger partial charge in [-0.25, -0.2) is 0 Å². The minimum atomic E-state index is 0.0637. The molecule has 0 unspecified atom stereocenters. The fourth-order valence-electron chi connectivity index (χ4n) is 3.05. The van der Waals surface area contributed by atoms with E-state index in [9.17, 15) is 4.79 Å². The topological polar surface area (TPSA) is 69.0 Å². The van der Waals surface area contributed by atoms with E-state index in [-0.39, 0.29) is 5.91 Å². The molecule has 3 rings (SSSR count). The standard InChI is InChI=1S/C18H24N4O2S/c1-13-3-5-14(6-4-13)20-17(23)11-25-18-21-19-12-22(18)15-7-9-16(24-2)10-8-15/h7-10,12-14H,3-6,11H2,1-2H3,(H,20,23). The SMILES string of the molecule is COc1ccc(-n2cnnc2SCC(=O)NC2CCC(C)CC2)cc1. The van der Waals surface area contributed by atoms with Gasteiger partial charge in [0, 0.05) is 11.7 Å². The Morgan fingerprint density at radius 3 is 2.68 bits per heavy atom. The monoisotopic (exact) mass is 360 g/mol. The van der Waals surface area contributed by atoms with Gasteiger partial charge in [-0.05, 0) is 55.9 Å². The highest BCUT2D eigenvalue weighted by atomic mass is 32.2. The highest BCUT2D eigenvalue weighted by Gasteiger charge is 2.20. The van der Waals surface area contributed by atoms with Gasteiger partial charge in [0.15, 0.2) is 5.16 Å². The highest BCUT2D eigenvalue weighted by Crippen LogP contribution is 2.24. The number of amides is 1. The lowest BCUT2D eigenvalue weighted by Gasteiger charge is -2.26. The lowest BCUT2D eigenvalue weighted by molar-refractivity contribution is -0.119. The fourth-order valence-corrected chi connectivity index (χ4v) is 3.79. The molecule has 1 heterocycles. The molecule has 2 aromatic rings. The van der Waals surface area contributed by atoms with Crippen molar-refractivity contribution >= 4 is 17.7 Å². The number of hydrogen-bond acceptors (Lipinski definition) is 5. The van der Waals surface area contributed by atoms with Crippen molar-refractivity contribution in [3.63, 3.8) is 0 Å². The molecule has 1 aromatic heterocycles. The molecule has 0 aliphatic heterocycles. The van der Waals surface area contributed by atoms with E-state index in [1.807, 2.05) is 28.8 Å². The molecule has 0 saturated heterocycles. The first-order valence-corrected chi connectivity index (χ1v) is 9.61. The van der Waals surface area contributed by atoms with Crippen molar-refractivity contribution < 1.29 is 9.53 Å². The zero-order chi connectivity index (χ0) is 17.6. The van der Waals surface area contributed by atoms with Gasteiger partial charge >= 0.3 is 0 Å². The van der Waals surface area contributed by atoms with E-state index in [1.165, 1.54) is 24.6 Å². The number of rotatable bonds is 6. The number of methoxy groups -OCH3 is 1. The van der Waals surface area contributed by atoms with Crippen LogP contribution < -0.4 is 10.1 Å². The van der Waals surface area contributed by atoms with Crippen LogP contribution in [0.1, 0.15) is 32.6 Å². The zero-order valence-electron chi connectivity index (χ0n) is 14.6. The van der Waals surface area contributed by atoms with E-state index in [4.69, 9.17) is 4.74 Å². The average molecular weight is 360 g/mol. The van der Waals surface area contributed by atoms with E-state index < -0.39 is 0 Å². The Morgan fingerprint density at radius 1 is 1.28 bits per heavy atom. The maximum atomic E-state index is 12.2. The Hall–Kier alpha value is -2.02. The molecule has 7 heteroatoms. The molecule has 1 N–H and O–H groups in total. The number of benzene rings is 1. The number of thioether (sulfide) groups is 1. The van der Waals surface area contributed by atoms with Crippen LogP contribution in [-0.4, -0.2) is 39.6 Å². The number of aromatic nitrogens is 3. The first kappa shape index (κ1) is 17.8. The summed E-state index contributed by atoms with van der Waals surface area (Å²) in [5, 5.41) is 11.9. The molecule has 0 radical (unpaired) electrons. The molecular formula is C18H24N4O2S. The predicted molar refractivity (Wildman–Crippen MR) is 98.2 cm³/mol. The molecule has 0 atom stereocenters. The second kappa shape index (κ2) is 8.38. The van der Waals surface area contributed by atoms with Crippen LogP contribution in [0.4, 0.5) is 0 Å². The Labute approximate surface area is 152 Å². The van der Waals surface area contributed by atoms with Gasteiger partial charge in [0.25, 0.3) is 0 Å². The van der Waals surface area contributed by atoms with Crippen molar-refractivity contribution in [2.45, 2.75) is 43.8 Å². The maximum Gasteiger partial charge on any atom is 0.230 e. The second-order valence-electron chi connectivity index (χ2n) is 6.49. The summed E-state index contributed by atoms with van der Waals surface area (Å²) in [6.07, 6.45) is 6.22. The normalized spacial score (nSPS) is 20.2. The minimum absolute atomic E-state index is 0.0637. The van der Waals surface area contributed by atoms with Crippen molar-refractivity contribution in [2.75, 3.05) is 12.9 Å². The van der Waals surface area contributed by atoms with Gasteiger partial charge in [-0.3, -0.25) is 9.36 Å². The predicted octanol–water partition coefficient (Wildman–Crippen LogP) is 3.06. The molecule has 134 valence electrons. The number of nitrogens with zero attached hydrogens (tertiary/aromatic N) is 3. The van der Waals surface area contributed by atoms with E-state index in [0.29, 0.717) is 17.0 Å². The van der Waals surface area contributed by atoms with Gasteiger partial charge in [-0.2, -0.15) is 0 Å². The Balaban J connectivity index is 1.55. The smallest absolute Gasteiger partial charge is 0.230 e. The zero-order valence-corrected chi connectivity index (χ0v) is 15.5. The summed E-state index contributed by atoms with van der Waals surface area (Å²) in [5.41, 5.74) is 0.940. The van der Waals surface area contributed by atoms with Gasteiger partial charge < -0.3 is 10.1 Å². The van der Waals surface area contributed by atoms with Crippen LogP contribution in [0, 0.1) is 5.92 Å². The number of hydrogen-bond donors (Lipinski definition) is 1. The molecule has 1 aromatic carbocycles. The average Bonchev–Trinajstić information content (AvgIpc) is 3.10. The molecule has 1 amide bonds. The Morgan fingerprint density at radius 2 is 2.00 bits per heavy atom. The molecule has 1 saturated carbocycles. The molecule has 25 heavy (non-hydrogen) atoms. The van der Waals surface area contributed by atoms with E-state index >= 15 is 0 Å². The summed E-state index contributed by atoms with van der Waals surface area (Å²) >= 11 is 1.40. The van der Waals surface area contributed by atoms with Crippen LogP contribution in [-0.2, 0) is 4.79 Å². The molecule has 0 spiro atoms. The molecule has 0 bridgehead atoms. The maximum absolute atomic E-state index is 12.2. The fraction of sp³-hybridized carbons (Fsp3) is 0.500. The molecule has 1 aliphatic rings. The van der Waals surface area contributed by atoms with Crippen molar-refractivity contribution in [3.05, 3.63) is 30.6 Å². The highest BCUT2D eigenvalue weighted by molar-refractivity contribution is 7.99. The van der Waals surface area contributed by atoms with E-state index in [0.717, 1.165) is 30.2 Å². The first-order chi connectivity index (χ1) is 12.2. The number of ether oxygens (including phenoxy) is 1. The van der Waals surface area contributed by atoms with Gasteiger partial charge in [-0.1, -0.05) is 18.7 Å². The van der Waals surface area contributed by atoms with Crippen molar-refractivity contribution in [1.82, 2.24) is 20.1 Å². The summed E-state index contributed by atoms with van der Waals surface area (Å²) in [7, 11) is 1.64. The third-order valence-electron chi connectivity index (χ3n) is 4.58. The summed E-state index contributed by atoms with van der Waals surface area (Å²) in [6, 6.07) is 7.98. The van der Waals surface area contributed by atoms with Crippen LogP contribution in [0.5, 0.6) is 5.75 Å². The van der Waals surface area contributed by atoms with Gasteiger partial charge in [0.05, 0.1) is 12.9 Å².